The molecule has 1 saturated carbocycles. The van der Waals surface area contributed by atoms with Crippen LogP contribution < -0.4 is 10.1 Å². The second-order valence-electron chi connectivity index (χ2n) is 8.45. The van der Waals surface area contributed by atoms with Crippen LogP contribution in [0.5, 0.6) is 5.75 Å². The van der Waals surface area contributed by atoms with Crippen LogP contribution in [0.1, 0.15) is 48.5 Å². The van der Waals surface area contributed by atoms with Crippen LogP contribution >= 0.6 is 0 Å². The van der Waals surface area contributed by atoms with Gasteiger partial charge in [-0.1, -0.05) is 72.8 Å². The molecule has 1 aliphatic carbocycles. The molecule has 3 aromatic carbocycles. The molecule has 32 heavy (non-hydrogen) atoms. The summed E-state index contributed by atoms with van der Waals surface area (Å²) in [6.07, 6.45) is 1.50. The molecule has 1 fully saturated rings. The fourth-order valence-corrected chi connectivity index (χ4v) is 4.68. The monoisotopic (exact) mass is 429 g/mol. The highest BCUT2D eigenvalue weighted by Gasteiger charge is 2.42. The summed E-state index contributed by atoms with van der Waals surface area (Å²) in [7, 11) is 1.67. The molecular formula is C28H31NO3. The number of carbonyl (C=O) groups excluding carboxylic acids is 1. The summed E-state index contributed by atoms with van der Waals surface area (Å²) in [5.74, 6) is 0.679. The van der Waals surface area contributed by atoms with E-state index in [-0.39, 0.29) is 30.0 Å². The van der Waals surface area contributed by atoms with E-state index in [0.717, 1.165) is 30.7 Å². The summed E-state index contributed by atoms with van der Waals surface area (Å²) in [4.78, 5) is 13.2. The van der Waals surface area contributed by atoms with Crippen molar-refractivity contribution in [1.29, 1.82) is 0 Å². The van der Waals surface area contributed by atoms with Gasteiger partial charge in [0.2, 0.25) is 0 Å². The molecule has 1 N–H and O–H groups in total. The molecule has 0 heterocycles. The van der Waals surface area contributed by atoms with Gasteiger partial charge < -0.3 is 14.8 Å². The molecule has 3 aromatic rings. The second-order valence-corrected chi connectivity index (χ2v) is 8.45. The predicted octanol–water partition coefficient (Wildman–Crippen LogP) is 5.65. The van der Waals surface area contributed by atoms with Gasteiger partial charge in [0.05, 0.1) is 13.0 Å². The number of nitrogens with one attached hydrogen (secondary N) is 1. The van der Waals surface area contributed by atoms with Crippen molar-refractivity contribution < 1.29 is 14.3 Å². The van der Waals surface area contributed by atoms with E-state index in [2.05, 4.69) is 29.6 Å². The van der Waals surface area contributed by atoms with Crippen LogP contribution in [0, 0.1) is 5.92 Å². The molecule has 4 atom stereocenters. The van der Waals surface area contributed by atoms with E-state index in [1.807, 2.05) is 67.6 Å². The normalized spacial score (nSPS) is 21.1. The van der Waals surface area contributed by atoms with Crippen molar-refractivity contribution in [3.63, 3.8) is 0 Å². The third kappa shape index (κ3) is 5.20. The zero-order chi connectivity index (χ0) is 22.3. The Balaban J connectivity index is 1.47. The molecule has 0 amide bonds. The molecule has 0 unspecified atom stereocenters. The van der Waals surface area contributed by atoms with Gasteiger partial charge in [0.1, 0.15) is 11.9 Å². The molecule has 1 aliphatic rings. The SMILES string of the molecule is COc1ccc(CN[C@H]2CC[C@@H](C(=O)O[C@@H](C)c3ccccc3)[C@@H]2c2ccccc2)cc1. The van der Waals surface area contributed by atoms with Gasteiger partial charge in [0.25, 0.3) is 0 Å². The number of hydrogen-bond donors (Lipinski definition) is 1. The van der Waals surface area contributed by atoms with Crippen LogP contribution in [0.3, 0.4) is 0 Å². The molecule has 0 aromatic heterocycles. The maximum absolute atomic E-state index is 13.2. The summed E-state index contributed by atoms with van der Waals surface area (Å²) in [5.41, 5.74) is 3.40. The number of ether oxygens (including phenoxy) is 2. The maximum Gasteiger partial charge on any atom is 0.310 e. The molecular weight excluding hydrogens is 398 g/mol. The standard InChI is InChI=1S/C28H31NO3/c1-20(22-9-5-3-6-10-22)32-28(30)25-17-18-26(27(25)23-11-7-4-8-12-23)29-19-21-13-15-24(31-2)16-14-21/h3-16,20,25-27,29H,17-19H2,1-2H3/t20-,25+,26-,27-/m0/s1. The Kier molecular flexibility index (Phi) is 7.23. The molecule has 4 heteroatoms. The zero-order valence-corrected chi connectivity index (χ0v) is 18.7. The van der Waals surface area contributed by atoms with Gasteiger partial charge in [-0.25, -0.2) is 0 Å². The van der Waals surface area contributed by atoms with E-state index in [4.69, 9.17) is 9.47 Å². The van der Waals surface area contributed by atoms with Gasteiger partial charge in [0.15, 0.2) is 0 Å². The van der Waals surface area contributed by atoms with E-state index >= 15 is 0 Å². The fraction of sp³-hybridized carbons (Fsp3) is 0.321. The Morgan fingerprint density at radius 2 is 1.59 bits per heavy atom. The first-order valence-corrected chi connectivity index (χ1v) is 11.3. The van der Waals surface area contributed by atoms with Crippen LogP contribution in [0.25, 0.3) is 0 Å². The van der Waals surface area contributed by atoms with Crippen molar-refractivity contribution in [3.8, 4) is 5.75 Å². The summed E-state index contributed by atoms with van der Waals surface area (Å²) in [6.45, 7) is 2.69. The van der Waals surface area contributed by atoms with Crippen LogP contribution in [0.2, 0.25) is 0 Å². The van der Waals surface area contributed by atoms with Crippen molar-refractivity contribution in [2.75, 3.05) is 7.11 Å². The van der Waals surface area contributed by atoms with E-state index in [1.165, 1.54) is 11.1 Å². The molecule has 166 valence electrons. The lowest BCUT2D eigenvalue weighted by atomic mass is 9.86. The summed E-state index contributed by atoms with van der Waals surface area (Å²) < 4.78 is 11.2. The Morgan fingerprint density at radius 3 is 2.25 bits per heavy atom. The lowest BCUT2D eigenvalue weighted by molar-refractivity contribution is -0.154. The van der Waals surface area contributed by atoms with Gasteiger partial charge in [-0.2, -0.15) is 0 Å². The number of benzene rings is 3. The average molecular weight is 430 g/mol. The highest BCUT2D eigenvalue weighted by atomic mass is 16.5. The van der Waals surface area contributed by atoms with Crippen LogP contribution in [0.4, 0.5) is 0 Å². The van der Waals surface area contributed by atoms with E-state index in [9.17, 15) is 4.79 Å². The van der Waals surface area contributed by atoms with E-state index in [0.29, 0.717) is 0 Å². The molecule has 4 nitrogen and oxygen atoms in total. The number of rotatable bonds is 8. The van der Waals surface area contributed by atoms with Gasteiger partial charge in [-0.05, 0) is 48.6 Å². The van der Waals surface area contributed by atoms with Crippen LogP contribution in [-0.4, -0.2) is 19.1 Å². The summed E-state index contributed by atoms with van der Waals surface area (Å²) in [5, 5.41) is 3.71. The summed E-state index contributed by atoms with van der Waals surface area (Å²) in [6, 6.07) is 28.6. The first-order valence-electron chi connectivity index (χ1n) is 11.3. The Morgan fingerprint density at radius 1 is 0.938 bits per heavy atom. The fourth-order valence-electron chi connectivity index (χ4n) is 4.68. The minimum absolute atomic E-state index is 0.0879. The minimum Gasteiger partial charge on any atom is -0.497 e. The third-order valence-electron chi connectivity index (χ3n) is 6.43. The lowest BCUT2D eigenvalue weighted by Gasteiger charge is -2.26. The largest absolute Gasteiger partial charge is 0.497 e. The Bertz CT molecular complexity index is 988. The van der Waals surface area contributed by atoms with Crippen LogP contribution in [0.15, 0.2) is 84.9 Å². The number of methoxy groups -OCH3 is 1. The van der Waals surface area contributed by atoms with Gasteiger partial charge in [-0.15, -0.1) is 0 Å². The average Bonchev–Trinajstić information content (AvgIpc) is 3.28. The quantitative estimate of drug-likeness (QED) is 0.470. The molecule has 0 aliphatic heterocycles. The second kappa shape index (κ2) is 10.5. The molecule has 0 saturated heterocycles. The number of esters is 1. The number of hydrogen-bond acceptors (Lipinski definition) is 4. The van der Waals surface area contributed by atoms with Crippen molar-refractivity contribution >= 4 is 5.97 Å². The van der Waals surface area contributed by atoms with Crippen molar-refractivity contribution in [1.82, 2.24) is 5.32 Å². The molecule has 0 spiro atoms. The highest BCUT2D eigenvalue weighted by Crippen LogP contribution is 2.41. The molecule has 0 bridgehead atoms. The van der Waals surface area contributed by atoms with Gasteiger partial charge >= 0.3 is 5.97 Å². The van der Waals surface area contributed by atoms with Gasteiger partial charge in [-0.3, -0.25) is 4.79 Å². The Hall–Kier alpha value is -3.11. The number of carbonyl (C=O) groups is 1. The topological polar surface area (TPSA) is 47.6 Å². The van der Waals surface area contributed by atoms with Gasteiger partial charge in [0, 0.05) is 18.5 Å². The Labute approximate surface area is 190 Å². The van der Waals surface area contributed by atoms with Crippen molar-refractivity contribution in [3.05, 3.63) is 102 Å². The highest BCUT2D eigenvalue weighted by molar-refractivity contribution is 5.75. The van der Waals surface area contributed by atoms with Crippen LogP contribution in [-0.2, 0) is 16.1 Å². The van der Waals surface area contributed by atoms with Crippen molar-refractivity contribution in [2.24, 2.45) is 5.92 Å². The minimum atomic E-state index is -0.258. The lowest BCUT2D eigenvalue weighted by Crippen LogP contribution is -2.34. The first-order chi connectivity index (χ1) is 15.7. The first kappa shape index (κ1) is 22.1. The van der Waals surface area contributed by atoms with Crippen molar-refractivity contribution in [2.45, 2.75) is 44.4 Å². The maximum atomic E-state index is 13.2. The molecule has 4 rings (SSSR count). The van der Waals surface area contributed by atoms with E-state index < -0.39 is 0 Å². The molecule has 0 radical (unpaired) electrons. The smallest absolute Gasteiger partial charge is 0.310 e. The van der Waals surface area contributed by atoms with E-state index in [1.54, 1.807) is 7.11 Å². The zero-order valence-electron chi connectivity index (χ0n) is 18.7. The predicted molar refractivity (Wildman–Crippen MR) is 126 cm³/mol. The summed E-state index contributed by atoms with van der Waals surface area (Å²) >= 11 is 0. The third-order valence-corrected chi connectivity index (χ3v) is 6.43.